The van der Waals surface area contributed by atoms with E-state index in [0.29, 0.717) is 11.3 Å². The van der Waals surface area contributed by atoms with E-state index in [-0.39, 0.29) is 24.4 Å². The molecular formula is C19H25ClN2O. The molecule has 23 heavy (non-hydrogen) atoms. The molecule has 2 aromatic rings. The SMILES string of the molecule is Cc1ccc(CC(C)N(C)C(=O)c2cc(N)ccc2C)cc1.Cl. The van der Waals surface area contributed by atoms with Crippen molar-refractivity contribution in [1.82, 2.24) is 4.90 Å². The predicted octanol–water partition coefficient (Wildman–Crippen LogP) is 4.01. The van der Waals surface area contributed by atoms with E-state index in [4.69, 9.17) is 5.73 Å². The highest BCUT2D eigenvalue weighted by Gasteiger charge is 2.19. The molecular weight excluding hydrogens is 308 g/mol. The topological polar surface area (TPSA) is 46.3 Å². The minimum atomic E-state index is 0. The van der Waals surface area contributed by atoms with Crippen LogP contribution in [-0.2, 0) is 6.42 Å². The third kappa shape index (κ3) is 4.73. The lowest BCUT2D eigenvalue weighted by molar-refractivity contribution is 0.0743. The average Bonchev–Trinajstić information content (AvgIpc) is 2.50. The van der Waals surface area contributed by atoms with Crippen LogP contribution in [0.1, 0.15) is 34.0 Å². The number of benzene rings is 2. The lowest BCUT2D eigenvalue weighted by Crippen LogP contribution is -2.36. The van der Waals surface area contributed by atoms with Crippen LogP contribution < -0.4 is 5.73 Å². The maximum Gasteiger partial charge on any atom is 0.254 e. The molecule has 124 valence electrons. The van der Waals surface area contributed by atoms with Crippen molar-refractivity contribution in [3.8, 4) is 0 Å². The molecule has 3 nitrogen and oxygen atoms in total. The molecule has 1 atom stereocenters. The quantitative estimate of drug-likeness (QED) is 0.860. The largest absolute Gasteiger partial charge is 0.399 e. The number of nitrogens with two attached hydrogens (primary N) is 1. The van der Waals surface area contributed by atoms with Gasteiger partial charge in [-0.05, 0) is 50.5 Å². The summed E-state index contributed by atoms with van der Waals surface area (Å²) in [5.41, 5.74) is 10.5. The van der Waals surface area contributed by atoms with E-state index in [0.717, 1.165) is 12.0 Å². The molecule has 2 N–H and O–H groups in total. The standard InChI is InChI=1S/C19H24N2O.ClH/c1-13-5-8-16(9-6-13)11-15(3)21(4)19(22)18-12-17(20)10-7-14(18)2;/h5-10,12,15H,11,20H2,1-4H3;1H. The van der Waals surface area contributed by atoms with E-state index in [9.17, 15) is 4.79 Å². The Kier molecular flexibility index (Phi) is 6.64. The fraction of sp³-hybridized carbons (Fsp3) is 0.316. The average molecular weight is 333 g/mol. The smallest absolute Gasteiger partial charge is 0.254 e. The fourth-order valence-corrected chi connectivity index (χ4v) is 2.46. The minimum absolute atomic E-state index is 0. The first-order valence-electron chi connectivity index (χ1n) is 7.57. The highest BCUT2D eigenvalue weighted by Crippen LogP contribution is 2.17. The van der Waals surface area contributed by atoms with Gasteiger partial charge in [-0.3, -0.25) is 4.79 Å². The van der Waals surface area contributed by atoms with Crippen molar-refractivity contribution in [2.24, 2.45) is 0 Å². The van der Waals surface area contributed by atoms with Crippen LogP contribution in [0.25, 0.3) is 0 Å². The molecule has 0 aliphatic heterocycles. The van der Waals surface area contributed by atoms with Gasteiger partial charge < -0.3 is 10.6 Å². The third-order valence-corrected chi connectivity index (χ3v) is 4.13. The lowest BCUT2D eigenvalue weighted by atomic mass is 10.0. The summed E-state index contributed by atoms with van der Waals surface area (Å²) in [6.07, 6.45) is 0.837. The van der Waals surface area contributed by atoms with Gasteiger partial charge >= 0.3 is 0 Å². The van der Waals surface area contributed by atoms with Gasteiger partial charge in [0.1, 0.15) is 0 Å². The fourth-order valence-electron chi connectivity index (χ4n) is 2.46. The number of anilines is 1. The van der Waals surface area contributed by atoms with Crippen LogP contribution in [0.5, 0.6) is 0 Å². The third-order valence-electron chi connectivity index (χ3n) is 4.13. The molecule has 1 unspecified atom stereocenters. The Hall–Kier alpha value is -2.00. The molecule has 0 heterocycles. The number of nitrogens with zero attached hydrogens (tertiary/aromatic N) is 1. The van der Waals surface area contributed by atoms with Crippen LogP contribution in [0.15, 0.2) is 42.5 Å². The number of hydrogen-bond donors (Lipinski definition) is 1. The summed E-state index contributed by atoms with van der Waals surface area (Å²) < 4.78 is 0. The maximum absolute atomic E-state index is 12.7. The van der Waals surface area contributed by atoms with E-state index >= 15 is 0 Å². The summed E-state index contributed by atoms with van der Waals surface area (Å²) in [5.74, 6) is 0.0180. The van der Waals surface area contributed by atoms with E-state index in [1.54, 1.807) is 11.0 Å². The molecule has 0 bridgehead atoms. The van der Waals surface area contributed by atoms with Crippen LogP contribution in [0.2, 0.25) is 0 Å². The summed E-state index contributed by atoms with van der Waals surface area (Å²) in [6.45, 7) is 6.08. The second-order valence-corrected chi connectivity index (χ2v) is 6.03. The number of halogens is 1. The van der Waals surface area contributed by atoms with Crippen molar-refractivity contribution in [3.05, 3.63) is 64.7 Å². The first-order chi connectivity index (χ1) is 10.4. The Balaban J connectivity index is 0.00000264. The molecule has 0 aliphatic carbocycles. The van der Waals surface area contributed by atoms with E-state index in [2.05, 4.69) is 38.1 Å². The second-order valence-electron chi connectivity index (χ2n) is 6.03. The molecule has 2 aromatic carbocycles. The van der Waals surface area contributed by atoms with Gasteiger partial charge in [-0.1, -0.05) is 35.9 Å². The summed E-state index contributed by atoms with van der Waals surface area (Å²) >= 11 is 0. The Morgan fingerprint density at radius 3 is 2.35 bits per heavy atom. The van der Waals surface area contributed by atoms with Gasteiger partial charge in [0.15, 0.2) is 0 Å². The van der Waals surface area contributed by atoms with Crippen molar-refractivity contribution in [2.45, 2.75) is 33.2 Å². The molecule has 2 rings (SSSR count). The zero-order chi connectivity index (χ0) is 16.3. The highest BCUT2D eigenvalue weighted by atomic mass is 35.5. The van der Waals surface area contributed by atoms with E-state index in [1.807, 2.05) is 26.1 Å². The zero-order valence-corrected chi connectivity index (χ0v) is 15.0. The molecule has 0 saturated carbocycles. The monoisotopic (exact) mass is 332 g/mol. The molecule has 0 saturated heterocycles. The Morgan fingerprint density at radius 1 is 1.13 bits per heavy atom. The molecule has 0 aliphatic rings. The van der Waals surface area contributed by atoms with E-state index in [1.165, 1.54) is 11.1 Å². The molecule has 0 spiro atoms. The Labute approximate surface area is 144 Å². The normalized spacial score (nSPS) is 11.5. The van der Waals surface area contributed by atoms with Crippen molar-refractivity contribution in [1.29, 1.82) is 0 Å². The summed E-state index contributed by atoms with van der Waals surface area (Å²) in [7, 11) is 1.85. The second kappa shape index (κ2) is 8.02. The van der Waals surface area contributed by atoms with Crippen LogP contribution >= 0.6 is 12.4 Å². The van der Waals surface area contributed by atoms with E-state index < -0.39 is 0 Å². The van der Waals surface area contributed by atoms with Crippen molar-refractivity contribution in [3.63, 3.8) is 0 Å². The number of nitrogen functional groups attached to an aromatic ring is 1. The Morgan fingerprint density at radius 2 is 1.74 bits per heavy atom. The zero-order valence-electron chi connectivity index (χ0n) is 14.2. The predicted molar refractivity (Wildman–Crippen MR) is 99.3 cm³/mol. The van der Waals surface area contributed by atoms with Crippen molar-refractivity contribution < 1.29 is 4.79 Å². The maximum atomic E-state index is 12.7. The van der Waals surface area contributed by atoms with Gasteiger partial charge in [-0.2, -0.15) is 0 Å². The van der Waals surface area contributed by atoms with Gasteiger partial charge in [0.05, 0.1) is 0 Å². The number of aryl methyl sites for hydroxylation is 2. The molecule has 0 aromatic heterocycles. The number of amides is 1. The number of carbonyl (C=O) groups excluding carboxylic acids is 1. The number of carbonyl (C=O) groups is 1. The van der Waals surface area contributed by atoms with Gasteiger partial charge in [-0.25, -0.2) is 0 Å². The van der Waals surface area contributed by atoms with Crippen LogP contribution in [0, 0.1) is 13.8 Å². The van der Waals surface area contributed by atoms with Crippen LogP contribution in [0.4, 0.5) is 5.69 Å². The summed E-state index contributed by atoms with van der Waals surface area (Å²) in [6, 6.07) is 14.0. The van der Waals surface area contributed by atoms with Gasteiger partial charge in [0.2, 0.25) is 0 Å². The van der Waals surface area contributed by atoms with Gasteiger partial charge in [0, 0.05) is 24.3 Å². The van der Waals surface area contributed by atoms with Crippen LogP contribution in [-0.4, -0.2) is 23.9 Å². The lowest BCUT2D eigenvalue weighted by Gasteiger charge is -2.26. The Bertz CT molecular complexity index is 668. The highest BCUT2D eigenvalue weighted by molar-refractivity contribution is 5.96. The molecule has 1 amide bonds. The van der Waals surface area contributed by atoms with Gasteiger partial charge in [0.25, 0.3) is 5.91 Å². The minimum Gasteiger partial charge on any atom is -0.399 e. The number of hydrogen-bond acceptors (Lipinski definition) is 2. The molecule has 0 fully saturated rings. The number of likely N-dealkylation sites (N-methyl/N-ethyl adjacent to an activating group) is 1. The first kappa shape index (κ1) is 19.0. The molecule has 4 heteroatoms. The van der Waals surface area contributed by atoms with Crippen molar-refractivity contribution in [2.75, 3.05) is 12.8 Å². The van der Waals surface area contributed by atoms with Crippen LogP contribution in [0.3, 0.4) is 0 Å². The first-order valence-corrected chi connectivity index (χ1v) is 7.57. The summed E-state index contributed by atoms with van der Waals surface area (Å²) in [5, 5.41) is 0. The number of rotatable bonds is 4. The summed E-state index contributed by atoms with van der Waals surface area (Å²) in [4.78, 5) is 14.5. The van der Waals surface area contributed by atoms with Crippen molar-refractivity contribution >= 4 is 24.0 Å². The molecule has 0 radical (unpaired) electrons. The van der Waals surface area contributed by atoms with Gasteiger partial charge in [-0.15, -0.1) is 12.4 Å².